The Labute approximate surface area is 125 Å². The van der Waals surface area contributed by atoms with Crippen molar-refractivity contribution in [3.8, 4) is 0 Å². The lowest BCUT2D eigenvalue weighted by molar-refractivity contribution is -0.148. The van der Waals surface area contributed by atoms with Gasteiger partial charge < -0.3 is 20.5 Å². The van der Waals surface area contributed by atoms with Crippen LogP contribution in [0, 0.1) is 11.3 Å². The smallest absolute Gasteiger partial charge is 0.315 e. The lowest BCUT2D eigenvalue weighted by Crippen LogP contribution is -2.53. The molecule has 2 rings (SSSR count). The van der Waals surface area contributed by atoms with Crippen LogP contribution in [0.15, 0.2) is 0 Å². The Morgan fingerprint density at radius 1 is 1.29 bits per heavy atom. The highest BCUT2D eigenvalue weighted by Gasteiger charge is 2.46. The van der Waals surface area contributed by atoms with Gasteiger partial charge in [-0.1, -0.05) is 6.42 Å². The third kappa shape index (κ3) is 3.67. The normalized spacial score (nSPS) is 31.6. The molecule has 6 heteroatoms. The lowest BCUT2D eigenvalue weighted by atomic mass is 9.85. The maximum atomic E-state index is 12.1. The Morgan fingerprint density at radius 2 is 1.95 bits per heavy atom. The van der Waals surface area contributed by atoms with Crippen LogP contribution < -0.4 is 10.6 Å². The fraction of sp³-hybridized carbons (Fsp3) is 0.867. The second kappa shape index (κ2) is 6.64. The summed E-state index contributed by atoms with van der Waals surface area (Å²) in [6.07, 6.45) is 4.09. The molecule has 1 heterocycles. The van der Waals surface area contributed by atoms with Gasteiger partial charge in [0.25, 0.3) is 0 Å². The Kier molecular flexibility index (Phi) is 5.08. The van der Waals surface area contributed by atoms with Crippen LogP contribution in [0.1, 0.15) is 46.0 Å². The standard InChI is InChI=1S/C15H26N2O4/c1-10(11-5-8-21-9-6-11)16-14(20)17-12-4-3-7-15(12,2)13(18)19/h10-12H,3-9H2,1-2H3,(H,18,19)(H2,16,17,20). The summed E-state index contributed by atoms with van der Waals surface area (Å²) in [4.78, 5) is 23.5. The van der Waals surface area contributed by atoms with Crippen molar-refractivity contribution < 1.29 is 19.4 Å². The summed E-state index contributed by atoms with van der Waals surface area (Å²) in [5.41, 5.74) is -0.848. The number of carboxylic acids is 1. The number of hydrogen-bond acceptors (Lipinski definition) is 3. The number of nitrogens with one attached hydrogen (secondary N) is 2. The van der Waals surface area contributed by atoms with E-state index in [1.807, 2.05) is 6.92 Å². The molecule has 1 aliphatic heterocycles. The SMILES string of the molecule is CC(NC(=O)NC1CCCC1(C)C(=O)O)C1CCOCC1. The van der Waals surface area contributed by atoms with E-state index < -0.39 is 11.4 Å². The Balaban J connectivity index is 1.85. The van der Waals surface area contributed by atoms with Crippen LogP contribution >= 0.6 is 0 Å². The molecule has 0 radical (unpaired) electrons. The minimum atomic E-state index is -0.848. The number of amides is 2. The van der Waals surface area contributed by atoms with Gasteiger partial charge in [0, 0.05) is 25.3 Å². The van der Waals surface area contributed by atoms with Gasteiger partial charge in [-0.3, -0.25) is 4.79 Å². The molecule has 2 fully saturated rings. The van der Waals surface area contributed by atoms with Crippen molar-refractivity contribution in [2.75, 3.05) is 13.2 Å². The summed E-state index contributed by atoms with van der Waals surface area (Å²) in [6, 6.07) is -0.475. The van der Waals surface area contributed by atoms with Crippen molar-refractivity contribution in [3.05, 3.63) is 0 Å². The van der Waals surface area contributed by atoms with E-state index in [1.165, 1.54) is 0 Å². The molecular formula is C15H26N2O4. The van der Waals surface area contributed by atoms with Crippen LogP contribution in [0.5, 0.6) is 0 Å². The number of ether oxygens (including phenoxy) is 1. The molecule has 1 aliphatic carbocycles. The molecule has 0 aromatic carbocycles. The van der Waals surface area contributed by atoms with Crippen molar-refractivity contribution in [2.24, 2.45) is 11.3 Å². The molecule has 3 N–H and O–H groups in total. The van der Waals surface area contributed by atoms with Gasteiger partial charge in [-0.15, -0.1) is 0 Å². The van der Waals surface area contributed by atoms with Crippen LogP contribution in [-0.2, 0) is 9.53 Å². The molecule has 1 saturated carbocycles. The fourth-order valence-electron chi connectivity index (χ4n) is 3.39. The van der Waals surface area contributed by atoms with E-state index in [9.17, 15) is 14.7 Å². The summed E-state index contributed by atoms with van der Waals surface area (Å²) >= 11 is 0. The van der Waals surface area contributed by atoms with E-state index in [4.69, 9.17) is 4.74 Å². The fourth-order valence-corrected chi connectivity index (χ4v) is 3.39. The summed E-state index contributed by atoms with van der Waals surface area (Å²) in [5, 5.41) is 15.2. The third-order valence-electron chi connectivity index (χ3n) is 5.08. The van der Waals surface area contributed by atoms with Gasteiger partial charge in [0.05, 0.1) is 5.41 Å². The van der Waals surface area contributed by atoms with Gasteiger partial charge in [0.1, 0.15) is 0 Å². The minimum Gasteiger partial charge on any atom is -0.481 e. The first kappa shape index (κ1) is 16.1. The van der Waals surface area contributed by atoms with Gasteiger partial charge in [-0.25, -0.2) is 4.79 Å². The van der Waals surface area contributed by atoms with Crippen LogP contribution in [0.25, 0.3) is 0 Å². The summed E-state index contributed by atoms with van der Waals surface area (Å²) < 4.78 is 5.32. The van der Waals surface area contributed by atoms with E-state index in [2.05, 4.69) is 10.6 Å². The van der Waals surface area contributed by atoms with Gasteiger partial charge in [-0.2, -0.15) is 0 Å². The molecule has 0 aromatic heterocycles. The maximum Gasteiger partial charge on any atom is 0.315 e. The van der Waals surface area contributed by atoms with E-state index in [1.54, 1.807) is 6.92 Å². The molecule has 3 unspecified atom stereocenters. The monoisotopic (exact) mass is 298 g/mol. The van der Waals surface area contributed by atoms with Gasteiger partial charge >= 0.3 is 12.0 Å². The first-order valence-electron chi connectivity index (χ1n) is 7.81. The zero-order valence-corrected chi connectivity index (χ0v) is 12.9. The van der Waals surface area contributed by atoms with E-state index in [-0.39, 0.29) is 18.1 Å². The van der Waals surface area contributed by atoms with Gasteiger partial charge in [0.15, 0.2) is 0 Å². The molecule has 0 aromatic rings. The number of carbonyl (C=O) groups excluding carboxylic acids is 1. The average molecular weight is 298 g/mol. The van der Waals surface area contributed by atoms with Crippen LogP contribution in [-0.4, -0.2) is 42.4 Å². The van der Waals surface area contributed by atoms with Gasteiger partial charge in [0.2, 0.25) is 0 Å². The van der Waals surface area contributed by atoms with Crippen LogP contribution in [0.2, 0.25) is 0 Å². The molecule has 0 spiro atoms. The van der Waals surface area contributed by atoms with Crippen LogP contribution in [0.4, 0.5) is 4.79 Å². The summed E-state index contributed by atoms with van der Waals surface area (Å²) in [5.74, 6) is -0.401. The van der Waals surface area contributed by atoms with Crippen molar-refractivity contribution in [3.63, 3.8) is 0 Å². The number of urea groups is 1. The number of hydrogen-bond donors (Lipinski definition) is 3. The molecule has 1 saturated heterocycles. The van der Waals surface area contributed by atoms with Crippen molar-refractivity contribution >= 4 is 12.0 Å². The van der Waals surface area contributed by atoms with E-state index in [0.29, 0.717) is 12.3 Å². The van der Waals surface area contributed by atoms with Crippen molar-refractivity contribution in [1.82, 2.24) is 10.6 Å². The number of carboxylic acid groups (broad SMARTS) is 1. The van der Waals surface area contributed by atoms with E-state index in [0.717, 1.165) is 38.9 Å². The lowest BCUT2D eigenvalue weighted by Gasteiger charge is -2.31. The number of rotatable bonds is 4. The zero-order valence-electron chi connectivity index (χ0n) is 12.9. The second-order valence-corrected chi connectivity index (χ2v) is 6.52. The molecule has 120 valence electrons. The molecule has 2 amide bonds. The third-order valence-corrected chi connectivity index (χ3v) is 5.08. The first-order chi connectivity index (χ1) is 9.93. The molecule has 3 atom stereocenters. The Morgan fingerprint density at radius 3 is 2.57 bits per heavy atom. The Hall–Kier alpha value is -1.30. The van der Waals surface area contributed by atoms with E-state index >= 15 is 0 Å². The molecule has 2 aliphatic rings. The first-order valence-corrected chi connectivity index (χ1v) is 7.81. The minimum absolute atomic E-state index is 0.0754. The quantitative estimate of drug-likeness (QED) is 0.738. The molecule has 6 nitrogen and oxygen atoms in total. The van der Waals surface area contributed by atoms with Crippen molar-refractivity contribution in [2.45, 2.75) is 58.0 Å². The summed E-state index contributed by atoms with van der Waals surface area (Å²) in [7, 11) is 0. The highest BCUT2D eigenvalue weighted by molar-refractivity contribution is 5.79. The highest BCUT2D eigenvalue weighted by Crippen LogP contribution is 2.38. The number of carbonyl (C=O) groups is 2. The molecule has 21 heavy (non-hydrogen) atoms. The van der Waals surface area contributed by atoms with Gasteiger partial charge in [-0.05, 0) is 45.4 Å². The molecule has 0 bridgehead atoms. The number of aliphatic carboxylic acids is 1. The average Bonchev–Trinajstić information content (AvgIpc) is 2.82. The largest absolute Gasteiger partial charge is 0.481 e. The van der Waals surface area contributed by atoms with Crippen LogP contribution in [0.3, 0.4) is 0 Å². The second-order valence-electron chi connectivity index (χ2n) is 6.52. The Bertz CT molecular complexity index is 395. The predicted octanol–water partition coefficient (Wildman–Crippen LogP) is 1.74. The maximum absolute atomic E-state index is 12.1. The zero-order chi connectivity index (χ0) is 15.5. The van der Waals surface area contributed by atoms with Crippen molar-refractivity contribution in [1.29, 1.82) is 0 Å². The summed E-state index contributed by atoms with van der Waals surface area (Å²) in [6.45, 7) is 5.21. The topological polar surface area (TPSA) is 87.7 Å². The molecular weight excluding hydrogens is 272 g/mol. The predicted molar refractivity (Wildman–Crippen MR) is 78.1 cm³/mol. The highest BCUT2D eigenvalue weighted by atomic mass is 16.5.